The van der Waals surface area contributed by atoms with Gasteiger partial charge in [0, 0.05) is 0 Å². The van der Waals surface area contributed by atoms with Gasteiger partial charge in [-0.15, -0.1) is 0 Å². The third kappa shape index (κ3) is 2.93. The Labute approximate surface area is 49.5 Å². The highest BCUT2D eigenvalue weighted by atomic mass is 19.1. The fourth-order valence-electron chi connectivity index (χ4n) is 0.544. The van der Waals surface area contributed by atoms with Crippen LogP contribution in [0.4, 0.5) is 4.39 Å². The standard InChI is InChI=1S/C5H13FN2/c1-3-5(7-2)8-4-6/h5,7-8H,3-4H2,1-2H3. The van der Waals surface area contributed by atoms with Gasteiger partial charge in [-0.3, -0.25) is 5.32 Å². The summed E-state index contributed by atoms with van der Waals surface area (Å²) in [5, 5.41) is 5.51. The molecule has 2 N–H and O–H groups in total. The van der Waals surface area contributed by atoms with E-state index in [1.165, 1.54) is 0 Å². The molecule has 0 aromatic rings. The van der Waals surface area contributed by atoms with Gasteiger partial charge >= 0.3 is 0 Å². The Hall–Kier alpha value is -0.150. The summed E-state index contributed by atoms with van der Waals surface area (Å²) in [4.78, 5) is 0. The lowest BCUT2D eigenvalue weighted by Crippen LogP contribution is -2.38. The molecule has 0 rings (SSSR count). The Balaban J connectivity index is 3.07. The molecule has 1 unspecified atom stereocenters. The van der Waals surface area contributed by atoms with Crippen LogP contribution in [0.25, 0.3) is 0 Å². The van der Waals surface area contributed by atoms with Gasteiger partial charge in [0.15, 0.2) is 0 Å². The molecule has 0 amide bonds. The van der Waals surface area contributed by atoms with E-state index in [1.54, 1.807) is 7.05 Å². The SMILES string of the molecule is CCC(NC)NCF. The molecule has 3 heteroatoms. The fourth-order valence-corrected chi connectivity index (χ4v) is 0.544. The first kappa shape index (κ1) is 7.85. The Kier molecular flexibility index (Phi) is 4.90. The number of hydrogen-bond donors (Lipinski definition) is 2. The number of halogens is 1. The smallest absolute Gasteiger partial charge is 0.141 e. The van der Waals surface area contributed by atoms with Crippen molar-refractivity contribution >= 4 is 0 Å². The molecule has 1 atom stereocenters. The fraction of sp³-hybridized carbons (Fsp3) is 1.00. The minimum Gasteiger partial charge on any atom is -0.305 e. The molecule has 0 radical (unpaired) electrons. The zero-order chi connectivity index (χ0) is 6.41. The van der Waals surface area contributed by atoms with E-state index in [0.29, 0.717) is 0 Å². The Morgan fingerprint density at radius 1 is 1.62 bits per heavy atom. The van der Waals surface area contributed by atoms with Gasteiger partial charge in [-0.2, -0.15) is 0 Å². The van der Waals surface area contributed by atoms with E-state index in [-0.39, 0.29) is 6.17 Å². The van der Waals surface area contributed by atoms with Crippen LogP contribution in [-0.4, -0.2) is 20.0 Å². The van der Waals surface area contributed by atoms with Crippen molar-refractivity contribution in [3.05, 3.63) is 0 Å². The highest BCUT2D eigenvalue weighted by Crippen LogP contribution is 1.81. The summed E-state index contributed by atoms with van der Waals surface area (Å²) in [6.07, 6.45) is 1.03. The second-order valence-electron chi connectivity index (χ2n) is 1.59. The Morgan fingerprint density at radius 2 is 2.25 bits per heavy atom. The molecular formula is C5H13FN2. The zero-order valence-corrected chi connectivity index (χ0v) is 5.37. The van der Waals surface area contributed by atoms with Crippen LogP contribution in [0, 0.1) is 0 Å². The minimum absolute atomic E-state index is 0.125. The van der Waals surface area contributed by atoms with Gasteiger partial charge in [-0.05, 0) is 13.5 Å². The molecule has 8 heavy (non-hydrogen) atoms. The molecule has 0 saturated heterocycles. The summed E-state index contributed by atoms with van der Waals surface area (Å²) >= 11 is 0. The summed E-state index contributed by atoms with van der Waals surface area (Å²) < 4.78 is 11.5. The van der Waals surface area contributed by atoms with E-state index < -0.39 is 6.80 Å². The molecule has 0 bridgehead atoms. The molecule has 0 fully saturated rings. The molecular weight excluding hydrogens is 107 g/mol. The van der Waals surface area contributed by atoms with Crippen molar-refractivity contribution in [1.82, 2.24) is 10.6 Å². The summed E-state index contributed by atoms with van der Waals surface area (Å²) in [5.41, 5.74) is 0. The lowest BCUT2D eigenvalue weighted by molar-refractivity contribution is 0.345. The lowest BCUT2D eigenvalue weighted by Gasteiger charge is -2.11. The van der Waals surface area contributed by atoms with Crippen LogP contribution in [0.2, 0.25) is 0 Å². The van der Waals surface area contributed by atoms with E-state index in [4.69, 9.17) is 0 Å². The van der Waals surface area contributed by atoms with Crippen molar-refractivity contribution in [1.29, 1.82) is 0 Å². The molecule has 50 valence electrons. The maximum absolute atomic E-state index is 11.5. The van der Waals surface area contributed by atoms with Crippen molar-refractivity contribution in [2.75, 3.05) is 13.8 Å². The lowest BCUT2D eigenvalue weighted by atomic mass is 10.4. The highest BCUT2D eigenvalue weighted by Gasteiger charge is 1.96. The average Bonchev–Trinajstić information content (AvgIpc) is 1.83. The van der Waals surface area contributed by atoms with Crippen LogP contribution in [0.3, 0.4) is 0 Å². The van der Waals surface area contributed by atoms with Gasteiger partial charge in [0.25, 0.3) is 0 Å². The third-order valence-electron chi connectivity index (χ3n) is 1.08. The van der Waals surface area contributed by atoms with E-state index >= 15 is 0 Å². The second kappa shape index (κ2) is 5.00. The molecule has 0 saturated carbocycles. The average molecular weight is 120 g/mol. The monoisotopic (exact) mass is 120 g/mol. The van der Waals surface area contributed by atoms with Gasteiger partial charge in [0.1, 0.15) is 6.80 Å². The molecule has 0 aliphatic rings. The van der Waals surface area contributed by atoms with Crippen LogP contribution in [0.15, 0.2) is 0 Å². The van der Waals surface area contributed by atoms with Crippen molar-refractivity contribution in [3.63, 3.8) is 0 Å². The normalized spacial score (nSPS) is 13.9. The van der Waals surface area contributed by atoms with Gasteiger partial charge in [0.05, 0.1) is 6.17 Å². The van der Waals surface area contributed by atoms with Crippen LogP contribution >= 0.6 is 0 Å². The third-order valence-corrected chi connectivity index (χ3v) is 1.08. The van der Waals surface area contributed by atoms with Crippen molar-refractivity contribution in [3.8, 4) is 0 Å². The van der Waals surface area contributed by atoms with E-state index in [9.17, 15) is 4.39 Å². The van der Waals surface area contributed by atoms with Crippen molar-refractivity contribution < 1.29 is 4.39 Å². The Bertz CT molecular complexity index is 45.7. The maximum atomic E-state index is 11.5. The summed E-state index contributed by atoms with van der Waals surface area (Å²) in [5.74, 6) is 0. The highest BCUT2D eigenvalue weighted by molar-refractivity contribution is 4.54. The van der Waals surface area contributed by atoms with Crippen LogP contribution in [0.1, 0.15) is 13.3 Å². The summed E-state index contributed by atoms with van der Waals surface area (Å²) in [6.45, 7) is 1.53. The predicted octanol–water partition coefficient (Wildman–Crippen LogP) is 0.458. The second-order valence-corrected chi connectivity index (χ2v) is 1.59. The first-order valence-electron chi connectivity index (χ1n) is 2.81. The Morgan fingerprint density at radius 3 is 2.38 bits per heavy atom. The summed E-state index contributed by atoms with van der Waals surface area (Å²) in [7, 11) is 1.80. The first-order valence-corrected chi connectivity index (χ1v) is 2.81. The van der Waals surface area contributed by atoms with Crippen molar-refractivity contribution in [2.45, 2.75) is 19.5 Å². The molecule has 0 aromatic carbocycles. The first-order chi connectivity index (χ1) is 3.85. The minimum atomic E-state index is -0.459. The number of nitrogens with one attached hydrogen (secondary N) is 2. The largest absolute Gasteiger partial charge is 0.305 e. The molecule has 0 aromatic heterocycles. The van der Waals surface area contributed by atoms with Gasteiger partial charge in [0.2, 0.25) is 0 Å². The molecule has 0 heterocycles. The van der Waals surface area contributed by atoms with E-state index in [1.807, 2.05) is 6.92 Å². The molecule has 0 aliphatic carbocycles. The van der Waals surface area contributed by atoms with Crippen LogP contribution in [-0.2, 0) is 0 Å². The number of hydrogen-bond acceptors (Lipinski definition) is 2. The zero-order valence-electron chi connectivity index (χ0n) is 5.37. The predicted molar refractivity (Wildman–Crippen MR) is 32.2 cm³/mol. The topological polar surface area (TPSA) is 24.1 Å². The van der Waals surface area contributed by atoms with Gasteiger partial charge < -0.3 is 5.32 Å². The van der Waals surface area contributed by atoms with Gasteiger partial charge in [-0.1, -0.05) is 6.92 Å². The number of rotatable bonds is 4. The van der Waals surface area contributed by atoms with Crippen LogP contribution in [0.5, 0.6) is 0 Å². The van der Waals surface area contributed by atoms with E-state index in [2.05, 4.69) is 10.6 Å². The molecule has 0 aliphatic heterocycles. The molecule has 2 nitrogen and oxygen atoms in total. The van der Waals surface area contributed by atoms with Crippen LogP contribution < -0.4 is 10.6 Å². The quantitative estimate of drug-likeness (QED) is 0.416. The molecule has 0 spiro atoms. The van der Waals surface area contributed by atoms with Crippen molar-refractivity contribution in [2.24, 2.45) is 0 Å². The van der Waals surface area contributed by atoms with Gasteiger partial charge in [-0.25, -0.2) is 4.39 Å². The maximum Gasteiger partial charge on any atom is 0.141 e. The van der Waals surface area contributed by atoms with E-state index in [0.717, 1.165) is 6.42 Å². The summed E-state index contributed by atoms with van der Waals surface area (Å²) in [6, 6.07) is 0. The number of alkyl halides is 1.